The lowest BCUT2D eigenvalue weighted by molar-refractivity contribution is -0.138. The van der Waals surface area contributed by atoms with Gasteiger partial charge in [0.15, 0.2) is 0 Å². The number of benzene rings is 3. The highest BCUT2D eigenvalue weighted by molar-refractivity contribution is 5.95. The lowest BCUT2D eigenvalue weighted by atomic mass is 10.0. The fraction of sp³-hybridized carbons (Fsp3) is 0.257. The maximum Gasteiger partial charge on any atom is 0.323 e. The summed E-state index contributed by atoms with van der Waals surface area (Å²) in [5.74, 6) is -0.865. The van der Waals surface area contributed by atoms with E-state index in [9.17, 15) is 14.7 Å². The van der Waals surface area contributed by atoms with Crippen LogP contribution in [0.25, 0.3) is 23.1 Å². The maximum absolute atomic E-state index is 15.1. The van der Waals surface area contributed by atoms with Gasteiger partial charge in [0.2, 0.25) is 0 Å². The first-order valence-electron chi connectivity index (χ1n) is 14.1. The molecule has 4 aromatic rings. The number of aromatic nitrogens is 1. The Morgan fingerprint density at radius 3 is 2.28 bits per heavy atom. The first-order valence-corrected chi connectivity index (χ1v) is 14.1. The van der Waals surface area contributed by atoms with Crippen LogP contribution in [0.15, 0.2) is 66.7 Å². The van der Waals surface area contributed by atoms with E-state index in [2.05, 4.69) is 6.07 Å². The topological polar surface area (TPSA) is 98.0 Å². The van der Waals surface area contributed by atoms with E-state index in [-0.39, 0.29) is 13.0 Å². The van der Waals surface area contributed by atoms with Gasteiger partial charge in [-0.2, -0.15) is 0 Å². The van der Waals surface area contributed by atoms with Crippen molar-refractivity contribution in [3.05, 3.63) is 106 Å². The Morgan fingerprint density at radius 1 is 0.884 bits per heavy atom. The number of carbonyl (C=O) groups is 2. The molecule has 1 aromatic heterocycles. The summed E-state index contributed by atoms with van der Waals surface area (Å²) in [4.78, 5) is 22.7. The Morgan fingerprint density at radius 2 is 1.60 bits per heavy atom. The number of aryl methyl sites for hydroxylation is 3. The molecule has 0 bridgehead atoms. The van der Waals surface area contributed by atoms with Crippen molar-refractivity contribution >= 4 is 35.0 Å². The molecular formula is C35H36FNO6. The monoisotopic (exact) mass is 585 g/mol. The van der Waals surface area contributed by atoms with Gasteiger partial charge in [0.25, 0.3) is 0 Å². The SMILES string of the molecule is Cc1ccc(OC/C=C/COc2ccc(/C=C/c3ccc(F)c4c(CCCC(=O)O)c(C)n(CC(=O)O)c34)cc2)c(C)c1. The van der Waals surface area contributed by atoms with Crippen molar-refractivity contribution in [1.29, 1.82) is 0 Å². The summed E-state index contributed by atoms with van der Waals surface area (Å²) < 4.78 is 28.3. The fourth-order valence-corrected chi connectivity index (χ4v) is 5.10. The lowest BCUT2D eigenvalue weighted by Gasteiger charge is -2.08. The van der Waals surface area contributed by atoms with Crippen LogP contribution in [0.1, 0.15) is 46.4 Å². The zero-order chi connectivity index (χ0) is 30.9. The first-order chi connectivity index (χ1) is 20.6. The third-order valence-electron chi connectivity index (χ3n) is 7.20. The van der Waals surface area contributed by atoms with Gasteiger partial charge in [-0.1, -0.05) is 42.0 Å². The fourth-order valence-electron chi connectivity index (χ4n) is 5.10. The van der Waals surface area contributed by atoms with E-state index in [4.69, 9.17) is 14.6 Å². The second-order valence-electron chi connectivity index (χ2n) is 10.4. The van der Waals surface area contributed by atoms with Crippen molar-refractivity contribution in [1.82, 2.24) is 4.57 Å². The number of hydrogen-bond acceptors (Lipinski definition) is 4. The molecule has 0 spiro atoms. The average Bonchev–Trinajstić information content (AvgIpc) is 3.23. The van der Waals surface area contributed by atoms with Crippen molar-refractivity contribution in [2.45, 2.75) is 46.6 Å². The minimum Gasteiger partial charge on any atom is -0.490 e. The van der Waals surface area contributed by atoms with Gasteiger partial charge in [0.1, 0.15) is 37.1 Å². The van der Waals surface area contributed by atoms with Gasteiger partial charge in [0, 0.05) is 17.5 Å². The van der Waals surface area contributed by atoms with E-state index < -0.39 is 17.8 Å². The largest absolute Gasteiger partial charge is 0.490 e. The zero-order valence-corrected chi connectivity index (χ0v) is 24.6. The molecule has 2 N–H and O–H groups in total. The number of carboxylic acids is 2. The summed E-state index contributed by atoms with van der Waals surface area (Å²) >= 11 is 0. The average molecular weight is 586 g/mol. The molecule has 0 amide bonds. The minimum absolute atomic E-state index is 0.0512. The third kappa shape index (κ3) is 8.13. The predicted molar refractivity (Wildman–Crippen MR) is 166 cm³/mol. The van der Waals surface area contributed by atoms with Crippen LogP contribution in [-0.4, -0.2) is 39.9 Å². The third-order valence-corrected chi connectivity index (χ3v) is 7.20. The van der Waals surface area contributed by atoms with Crippen LogP contribution < -0.4 is 9.47 Å². The van der Waals surface area contributed by atoms with Crippen molar-refractivity contribution in [2.24, 2.45) is 0 Å². The van der Waals surface area contributed by atoms with Crippen LogP contribution in [0.5, 0.6) is 11.5 Å². The molecule has 0 aliphatic rings. The van der Waals surface area contributed by atoms with E-state index in [0.29, 0.717) is 59.5 Å². The van der Waals surface area contributed by atoms with Crippen molar-refractivity contribution in [3.63, 3.8) is 0 Å². The molecule has 43 heavy (non-hydrogen) atoms. The highest BCUT2D eigenvalue weighted by Crippen LogP contribution is 2.33. The van der Waals surface area contributed by atoms with Gasteiger partial charge >= 0.3 is 11.9 Å². The molecular weight excluding hydrogens is 549 g/mol. The summed E-state index contributed by atoms with van der Waals surface area (Å²) in [7, 11) is 0. The smallest absolute Gasteiger partial charge is 0.323 e. The second kappa shape index (κ2) is 14.4. The molecule has 1 heterocycles. The Bertz CT molecular complexity index is 1670. The normalized spacial score (nSPS) is 11.5. The lowest BCUT2D eigenvalue weighted by Crippen LogP contribution is -2.10. The molecule has 0 aliphatic carbocycles. The predicted octanol–water partition coefficient (Wildman–Crippen LogP) is 7.38. The number of hydrogen-bond donors (Lipinski definition) is 2. The summed E-state index contributed by atoms with van der Waals surface area (Å²) in [6.07, 6.45) is 8.13. The van der Waals surface area contributed by atoms with Crippen LogP contribution in [0.2, 0.25) is 0 Å². The van der Waals surface area contributed by atoms with Crippen molar-refractivity contribution in [2.75, 3.05) is 13.2 Å². The van der Waals surface area contributed by atoms with E-state index in [1.54, 1.807) is 17.6 Å². The molecule has 0 unspecified atom stereocenters. The molecule has 0 saturated heterocycles. The number of halogens is 1. The summed E-state index contributed by atoms with van der Waals surface area (Å²) in [5.41, 5.74) is 5.59. The second-order valence-corrected chi connectivity index (χ2v) is 10.4. The Balaban J connectivity index is 1.43. The molecule has 224 valence electrons. The number of ether oxygens (including phenoxy) is 2. The molecule has 0 radical (unpaired) electrons. The number of nitrogens with zero attached hydrogens (tertiary/aromatic N) is 1. The van der Waals surface area contributed by atoms with Crippen LogP contribution in [0, 0.1) is 26.6 Å². The highest BCUT2D eigenvalue weighted by Gasteiger charge is 2.21. The summed E-state index contributed by atoms with van der Waals surface area (Å²) in [5, 5.41) is 18.9. The molecule has 0 saturated carbocycles. The molecule has 0 fully saturated rings. The van der Waals surface area contributed by atoms with E-state index in [1.807, 2.05) is 74.5 Å². The van der Waals surface area contributed by atoms with Crippen LogP contribution >= 0.6 is 0 Å². The Kier molecular flexibility index (Phi) is 10.4. The van der Waals surface area contributed by atoms with E-state index in [0.717, 1.165) is 16.9 Å². The molecule has 7 nitrogen and oxygen atoms in total. The van der Waals surface area contributed by atoms with Crippen molar-refractivity contribution < 1.29 is 33.7 Å². The quantitative estimate of drug-likeness (QED) is 0.118. The molecule has 8 heteroatoms. The first kappa shape index (κ1) is 31.1. The Labute approximate surface area is 250 Å². The van der Waals surface area contributed by atoms with E-state index >= 15 is 4.39 Å². The Hall–Kier alpha value is -4.85. The zero-order valence-electron chi connectivity index (χ0n) is 24.6. The maximum atomic E-state index is 15.1. The van der Waals surface area contributed by atoms with Crippen molar-refractivity contribution in [3.8, 4) is 11.5 Å². The van der Waals surface area contributed by atoms with E-state index in [1.165, 1.54) is 11.6 Å². The van der Waals surface area contributed by atoms with Gasteiger partial charge in [-0.05, 0) is 98.4 Å². The van der Waals surface area contributed by atoms with Gasteiger partial charge in [0.05, 0.1) is 5.52 Å². The van der Waals surface area contributed by atoms with Gasteiger partial charge in [-0.25, -0.2) is 4.39 Å². The summed E-state index contributed by atoms with van der Waals surface area (Å²) in [6, 6.07) is 16.6. The van der Waals surface area contributed by atoms with Gasteiger partial charge in [-0.3, -0.25) is 9.59 Å². The highest BCUT2D eigenvalue weighted by atomic mass is 19.1. The van der Waals surface area contributed by atoms with Crippen LogP contribution in [0.3, 0.4) is 0 Å². The van der Waals surface area contributed by atoms with Crippen LogP contribution in [0.4, 0.5) is 4.39 Å². The van der Waals surface area contributed by atoms with Crippen LogP contribution in [-0.2, 0) is 22.6 Å². The molecule has 4 rings (SSSR count). The summed E-state index contributed by atoms with van der Waals surface area (Å²) in [6.45, 7) is 6.34. The number of rotatable bonds is 14. The minimum atomic E-state index is -1.05. The number of aliphatic carboxylic acids is 2. The number of carboxylic acid groups (broad SMARTS) is 2. The number of fused-ring (bicyclic) bond motifs is 1. The standard InChI is InChI=1S/C35H36FNO6/c1-23-9-18-31(24(2)21-23)43-20-5-4-19-42-28-15-11-26(12-16-28)10-13-27-14-17-30(36)34-29(7-6-8-32(38)39)25(3)37(35(27)34)22-33(40)41/h4-5,9-18,21H,6-8,19-20,22H2,1-3H3,(H,38,39)(H,40,41)/b5-4+,13-10+. The molecule has 3 aromatic carbocycles. The molecule has 0 aliphatic heterocycles. The van der Waals surface area contributed by atoms with Gasteiger partial charge < -0.3 is 24.3 Å². The van der Waals surface area contributed by atoms with Gasteiger partial charge in [-0.15, -0.1) is 0 Å². The molecule has 0 atom stereocenters.